The third-order valence-corrected chi connectivity index (χ3v) is 6.46. The van der Waals surface area contributed by atoms with Gasteiger partial charge in [-0.1, -0.05) is 37.3 Å². The Morgan fingerprint density at radius 1 is 1.08 bits per heavy atom. The molecule has 0 bridgehead atoms. The molecule has 4 aromatic rings. The highest BCUT2D eigenvalue weighted by molar-refractivity contribution is 7.13. The average Bonchev–Trinajstić information content (AvgIpc) is 3.58. The van der Waals surface area contributed by atoms with Crippen LogP contribution in [0.2, 0.25) is 0 Å². The maximum atomic E-state index is 13.9. The molecule has 0 aliphatic heterocycles. The maximum absolute atomic E-state index is 13.9. The van der Waals surface area contributed by atoms with Crippen LogP contribution >= 0.6 is 11.3 Å². The molecule has 2 amide bonds. The quantitative estimate of drug-likeness (QED) is 0.308. The van der Waals surface area contributed by atoms with Crippen molar-refractivity contribution in [3.05, 3.63) is 83.0 Å². The van der Waals surface area contributed by atoms with Crippen molar-refractivity contribution in [3.63, 3.8) is 0 Å². The van der Waals surface area contributed by atoms with Gasteiger partial charge in [0.25, 0.3) is 5.91 Å². The van der Waals surface area contributed by atoms with E-state index in [-0.39, 0.29) is 18.8 Å². The monoisotopic (exact) mass is 546 g/mol. The van der Waals surface area contributed by atoms with Crippen LogP contribution in [0.25, 0.3) is 10.7 Å². The van der Waals surface area contributed by atoms with Crippen LogP contribution in [0.1, 0.15) is 24.5 Å². The van der Waals surface area contributed by atoms with Crippen molar-refractivity contribution < 1.29 is 27.2 Å². The molecule has 2 aromatic carbocycles. The number of carbonyl (C=O) groups excluding carboxylic acids is 2. The minimum absolute atomic E-state index is 0.00658. The van der Waals surface area contributed by atoms with Gasteiger partial charge >= 0.3 is 6.18 Å². The molecule has 0 fully saturated rings. The van der Waals surface area contributed by atoms with E-state index < -0.39 is 47.6 Å². The van der Waals surface area contributed by atoms with Crippen molar-refractivity contribution in [2.45, 2.75) is 38.7 Å². The Morgan fingerprint density at radius 2 is 1.82 bits per heavy atom. The topological polar surface area (TPSA) is 93.0 Å². The highest BCUT2D eigenvalue weighted by Crippen LogP contribution is 2.37. The van der Waals surface area contributed by atoms with E-state index in [1.807, 2.05) is 5.38 Å². The summed E-state index contributed by atoms with van der Waals surface area (Å²) in [5, 5.41) is 16.4. The zero-order valence-corrected chi connectivity index (χ0v) is 20.8. The zero-order chi connectivity index (χ0) is 27.3. The number of rotatable bonds is 9. The van der Waals surface area contributed by atoms with Crippen molar-refractivity contribution in [2.75, 3.05) is 4.90 Å². The van der Waals surface area contributed by atoms with Gasteiger partial charge in [0.15, 0.2) is 0 Å². The summed E-state index contributed by atoms with van der Waals surface area (Å²) in [4.78, 5) is 29.2. The molecule has 1 N–H and O–H groups in total. The van der Waals surface area contributed by atoms with Gasteiger partial charge in [0.1, 0.15) is 18.4 Å². The first-order chi connectivity index (χ1) is 18.2. The fourth-order valence-electron chi connectivity index (χ4n) is 3.81. The highest BCUT2D eigenvalue weighted by atomic mass is 32.1. The molecular weight excluding hydrogens is 524 g/mol. The van der Waals surface area contributed by atoms with Gasteiger partial charge in [-0.3, -0.25) is 14.5 Å². The number of halogens is 4. The summed E-state index contributed by atoms with van der Waals surface area (Å²) in [7, 11) is 0. The van der Waals surface area contributed by atoms with E-state index >= 15 is 0 Å². The minimum atomic E-state index is -4.78. The van der Waals surface area contributed by atoms with E-state index in [9.17, 15) is 27.2 Å². The molecule has 0 aliphatic rings. The Balaban J connectivity index is 1.64. The first-order valence-electron chi connectivity index (χ1n) is 11.5. The predicted molar refractivity (Wildman–Crippen MR) is 132 cm³/mol. The third kappa shape index (κ3) is 6.22. The van der Waals surface area contributed by atoms with Crippen LogP contribution in [0, 0.1) is 5.82 Å². The number of benzene rings is 2. The van der Waals surface area contributed by atoms with Crippen LogP contribution in [0.15, 0.2) is 66.0 Å². The second kappa shape index (κ2) is 11.5. The number of aromatic nitrogens is 4. The number of carbonyl (C=O) groups is 2. The highest BCUT2D eigenvalue weighted by Gasteiger charge is 2.39. The molecule has 0 unspecified atom stereocenters. The lowest BCUT2D eigenvalue weighted by Gasteiger charge is -2.32. The van der Waals surface area contributed by atoms with Crippen molar-refractivity contribution in [2.24, 2.45) is 0 Å². The fourth-order valence-corrected chi connectivity index (χ4v) is 4.45. The Labute approximate surface area is 218 Å². The van der Waals surface area contributed by atoms with E-state index in [0.717, 1.165) is 21.8 Å². The van der Waals surface area contributed by atoms with E-state index in [1.54, 1.807) is 19.1 Å². The number of alkyl halides is 3. The number of anilines is 1. The first kappa shape index (κ1) is 26.9. The van der Waals surface area contributed by atoms with Gasteiger partial charge in [0.2, 0.25) is 11.7 Å². The Morgan fingerprint density at radius 3 is 2.47 bits per heavy atom. The van der Waals surface area contributed by atoms with E-state index in [2.05, 4.69) is 20.7 Å². The molecule has 0 saturated carbocycles. The molecule has 0 aliphatic carbocycles. The molecule has 0 saturated heterocycles. The molecule has 198 valence electrons. The van der Waals surface area contributed by atoms with Crippen LogP contribution in [0.4, 0.5) is 23.2 Å². The lowest BCUT2D eigenvalue weighted by molar-refractivity contribution is -0.137. The summed E-state index contributed by atoms with van der Waals surface area (Å²) in [6, 6.07) is 12.2. The second-order valence-electron chi connectivity index (χ2n) is 8.17. The molecule has 1 atom stereocenters. The lowest BCUT2D eigenvalue weighted by Crippen LogP contribution is -2.51. The van der Waals surface area contributed by atoms with Gasteiger partial charge in [-0.15, -0.1) is 21.5 Å². The molecule has 4 rings (SSSR count). The smallest absolute Gasteiger partial charge is 0.350 e. The minimum Gasteiger partial charge on any atom is -0.350 e. The molecule has 8 nitrogen and oxygen atoms in total. The van der Waals surface area contributed by atoms with Gasteiger partial charge in [0, 0.05) is 6.54 Å². The van der Waals surface area contributed by atoms with E-state index in [4.69, 9.17) is 0 Å². The summed E-state index contributed by atoms with van der Waals surface area (Å²) >= 11 is 1.36. The van der Waals surface area contributed by atoms with Crippen LogP contribution in [0.3, 0.4) is 0 Å². The molecule has 2 aromatic heterocycles. The summed E-state index contributed by atoms with van der Waals surface area (Å²) in [6.45, 7) is 1.03. The van der Waals surface area contributed by atoms with E-state index in [1.165, 1.54) is 47.7 Å². The molecule has 0 spiro atoms. The number of hydrogen-bond acceptors (Lipinski definition) is 6. The Bertz CT molecular complexity index is 1390. The summed E-state index contributed by atoms with van der Waals surface area (Å²) in [5.41, 5.74) is -0.951. The predicted octanol–water partition coefficient (Wildman–Crippen LogP) is 4.69. The number of amides is 2. The van der Waals surface area contributed by atoms with Crippen molar-refractivity contribution in [1.82, 2.24) is 25.5 Å². The maximum Gasteiger partial charge on any atom is 0.418 e. The summed E-state index contributed by atoms with van der Waals surface area (Å²) in [6.07, 6.45) is -4.77. The van der Waals surface area contributed by atoms with Crippen molar-refractivity contribution in [1.29, 1.82) is 0 Å². The first-order valence-corrected chi connectivity index (χ1v) is 12.4. The molecule has 0 radical (unpaired) electrons. The normalized spacial score (nSPS) is 12.2. The lowest BCUT2D eigenvalue weighted by atomic mass is 10.1. The van der Waals surface area contributed by atoms with Gasteiger partial charge in [-0.25, -0.2) is 4.39 Å². The van der Waals surface area contributed by atoms with Crippen LogP contribution in [0.5, 0.6) is 0 Å². The number of thiophene rings is 1. The average molecular weight is 547 g/mol. The number of hydrogen-bond donors (Lipinski definition) is 1. The fraction of sp³-hybridized carbons (Fsp3) is 0.240. The number of nitrogens with zero attached hydrogens (tertiary/aromatic N) is 5. The molecule has 2 heterocycles. The Kier molecular flexibility index (Phi) is 8.15. The van der Waals surface area contributed by atoms with Crippen molar-refractivity contribution >= 4 is 28.8 Å². The van der Waals surface area contributed by atoms with Crippen LogP contribution < -0.4 is 10.2 Å². The second-order valence-corrected chi connectivity index (χ2v) is 9.12. The van der Waals surface area contributed by atoms with Gasteiger partial charge < -0.3 is 5.32 Å². The van der Waals surface area contributed by atoms with Gasteiger partial charge in [-0.2, -0.15) is 18.0 Å². The molecule has 13 heteroatoms. The third-order valence-electron chi connectivity index (χ3n) is 5.59. The van der Waals surface area contributed by atoms with Crippen LogP contribution in [-0.2, 0) is 28.9 Å². The SMILES string of the molecule is CC[C@H](C(=O)NCc1ccc(F)cc1)N(C(=O)Cn1nnc(-c2cccs2)n1)c1ccccc1C(F)(F)F. The number of para-hydroxylation sites is 1. The van der Waals surface area contributed by atoms with Gasteiger partial charge in [0.05, 0.1) is 16.1 Å². The molecular formula is C25H22F4N6O2S. The number of tetrazole rings is 1. The number of nitrogens with one attached hydrogen (secondary N) is 1. The van der Waals surface area contributed by atoms with E-state index in [0.29, 0.717) is 10.4 Å². The zero-order valence-electron chi connectivity index (χ0n) is 20.0. The van der Waals surface area contributed by atoms with Crippen LogP contribution in [-0.4, -0.2) is 38.1 Å². The van der Waals surface area contributed by atoms with Gasteiger partial charge in [-0.05, 0) is 52.9 Å². The Hall–Kier alpha value is -4.13. The standard InChI is InChI=1S/C25H22F4N6O2S/c1-2-19(24(37)30-14-16-9-11-17(26)12-10-16)35(20-7-4-3-6-18(20)25(27,28)29)22(36)15-34-32-23(31-33-34)21-8-5-13-38-21/h3-13,19H,2,14-15H2,1H3,(H,30,37)/t19-/m1/s1. The van der Waals surface area contributed by atoms with Crippen molar-refractivity contribution in [3.8, 4) is 10.7 Å². The summed E-state index contributed by atoms with van der Waals surface area (Å²) in [5.74, 6) is -1.69. The largest absolute Gasteiger partial charge is 0.418 e. The molecule has 38 heavy (non-hydrogen) atoms. The summed E-state index contributed by atoms with van der Waals surface area (Å²) < 4.78 is 55.0.